The largest absolute Gasteiger partial charge is 0.345 e. The van der Waals surface area contributed by atoms with E-state index in [2.05, 4.69) is 9.97 Å². The second-order valence-electron chi connectivity index (χ2n) is 3.81. The maximum absolute atomic E-state index is 11.1. The van der Waals surface area contributed by atoms with Gasteiger partial charge >= 0.3 is 0 Å². The Morgan fingerprint density at radius 3 is 2.71 bits per heavy atom. The van der Waals surface area contributed by atoms with Crippen molar-refractivity contribution in [2.75, 3.05) is 0 Å². The van der Waals surface area contributed by atoms with E-state index in [1.807, 2.05) is 36.5 Å². The lowest BCUT2D eigenvalue weighted by Gasteiger charge is -2.00. The van der Waals surface area contributed by atoms with Crippen LogP contribution >= 0.6 is 0 Å². The summed E-state index contributed by atoms with van der Waals surface area (Å²) in [5.41, 5.74) is 3.49. The SMILES string of the molecule is O=Cc1ccnc2[nH]cc(-c3ccccc3)c12. The van der Waals surface area contributed by atoms with Crippen LogP contribution in [-0.4, -0.2) is 16.3 Å². The minimum atomic E-state index is 0.662. The predicted molar refractivity (Wildman–Crippen MR) is 66.9 cm³/mol. The lowest BCUT2D eigenvalue weighted by atomic mass is 10.0. The molecule has 3 aromatic rings. The van der Waals surface area contributed by atoms with Crippen LogP contribution in [0.15, 0.2) is 48.8 Å². The Bertz CT molecular complexity index is 671. The number of aromatic amines is 1. The Labute approximate surface area is 98.1 Å². The van der Waals surface area contributed by atoms with Crippen molar-refractivity contribution >= 4 is 17.3 Å². The van der Waals surface area contributed by atoms with Gasteiger partial charge in [-0.3, -0.25) is 4.79 Å². The van der Waals surface area contributed by atoms with Crippen molar-refractivity contribution in [3.8, 4) is 11.1 Å². The van der Waals surface area contributed by atoms with Crippen LogP contribution in [0.4, 0.5) is 0 Å². The molecular formula is C14H10N2O. The fraction of sp³-hybridized carbons (Fsp3) is 0. The summed E-state index contributed by atoms with van der Waals surface area (Å²) < 4.78 is 0. The van der Waals surface area contributed by atoms with Crippen molar-refractivity contribution in [3.63, 3.8) is 0 Å². The summed E-state index contributed by atoms with van der Waals surface area (Å²) in [5, 5.41) is 0.883. The Morgan fingerprint density at radius 1 is 1.12 bits per heavy atom. The Kier molecular flexibility index (Phi) is 2.22. The number of carbonyl (C=O) groups is 1. The molecule has 3 nitrogen and oxygen atoms in total. The number of aldehydes is 1. The van der Waals surface area contributed by atoms with Crippen LogP contribution in [0.3, 0.4) is 0 Å². The Hall–Kier alpha value is -2.42. The first-order valence-electron chi connectivity index (χ1n) is 5.37. The topological polar surface area (TPSA) is 45.8 Å². The maximum Gasteiger partial charge on any atom is 0.150 e. The highest BCUT2D eigenvalue weighted by Crippen LogP contribution is 2.29. The summed E-state index contributed by atoms with van der Waals surface area (Å²) in [7, 11) is 0. The first-order chi connectivity index (χ1) is 8.40. The molecule has 1 N–H and O–H groups in total. The van der Waals surface area contributed by atoms with Gasteiger partial charge in [0.05, 0.1) is 0 Å². The lowest BCUT2D eigenvalue weighted by Crippen LogP contribution is -1.85. The molecule has 0 unspecified atom stereocenters. The van der Waals surface area contributed by atoms with E-state index in [4.69, 9.17) is 0 Å². The van der Waals surface area contributed by atoms with Gasteiger partial charge in [0.2, 0.25) is 0 Å². The quantitative estimate of drug-likeness (QED) is 0.677. The molecule has 2 heterocycles. The molecule has 0 bridgehead atoms. The average Bonchev–Trinajstić information content (AvgIpc) is 2.83. The van der Waals surface area contributed by atoms with Gasteiger partial charge in [-0.1, -0.05) is 30.3 Å². The van der Waals surface area contributed by atoms with Crippen molar-refractivity contribution in [3.05, 3.63) is 54.4 Å². The highest BCUT2D eigenvalue weighted by molar-refractivity contribution is 6.04. The van der Waals surface area contributed by atoms with Crippen molar-refractivity contribution in [2.24, 2.45) is 0 Å². The molecule has 17 heavy (non-hydrogen) atoms. The molecular weight excluding hydrogens is 212 g/mol. The number of hydrogen-bond donors (Lipinski definition) is 1. The molecule has 1 aromatic carbocycles. The molecule has 0 aliphatic carbocycles. The van der Waals surface area contributed by atoms with E-state index < -0.39 is 0 Å². The molecule has 2 aromatic heterocycles. The summed E-state index contributed by atoms with van der Waals surface area (Å²) in [4.78, 5) is 18.4. The first-order valence-corrected chi connectivity index (χ1v) is 5.37. The van der Waals surface area contributed by atoms with Gasteiger partial charge in [0, 0.05) is 28.9 Å². The molecule has 82 valence electrons. The molecule has 0 fully saturated rings. The summed E-state index contributed by atoms with van der Waals surface area (Å²) >= 11 is 0. The molecule has 0 aliphatic rings. The third kappa shape index (κ3) is 1.52. The normalized spacial score (nSPS) is 10.6. The van der Waals surface area contributed by atoms with E-state index in [9.17, 15) is 4.79 Å². The van der Waals surface area contributed by atoms with Gasteiger partial charge < -0.3 is 4.98 Å². The molecule has 0 spiro atoms. The van der Waals surface area contributed by atoms with Crippen molar-refractivity contribution in [1.82, 2.24) is 9.97 Å². The molecule has 0 atom stereocenters. The number of rotatable bonds is 2. The number of H-pyrrole nitrogens is 1. The highest BCUT2D eigenvalue weighted by atomic mass is 16.1. The number of aromatic nitrogens is 2. The van der Waals surface area contributed by atoms with Gasteiger partial charge in [0.1, 0.15) is 5.65 Å². The Balaban J connectivity index is 2.35. The van der Waals surface area contributed by atoms with Gasteiger partial charge in [0.15, 0.2) is 6.29 Å². The summed E-state index contributed by atoms with van der Waals surface area (Å²) in [6, 6.07) is 11.7. The smallest absolute Gasteiger partial charge is 0.150 e. The van der Waals surface area contributed by atoms with E-state index >= 15 is 0 Å². The van der Waals surface area contributed by atoms with Crippen LogP contribution in [0.5, 0.6) is 0 Å². The van der Waals surface area contributed by atoms with Crippen LogP contribution in [0.2, 0.25) is 0 Å². The van der Waals surface area contributed by atoms with E-state index in [0.29, 0.717) is 5.56 Å². The monoisotopic (exact) mass is 222 g/mol. The zero-order valence-electron chi connectivity index (χ0n) is 9.05. The highest BCUT2D eigenvalue weighted by Gasteiger charge is 2.10. The number of carbonyl (C=O) groups excluding carboxylic acids is 1. The number of hydrogen-bond acceptors (Lipinski definition) is 2. The minimum Gasteiger partial charge on any atom is -0.345 e. The number of benzene rings is 1. The number of nitrogens with zero attached hydrogens (tertiary/aromatic N) is 1. The van der Waals surface area contributed by atoms with Crippen LogP contribution in [-0.2, 0) is 0 Å². The third-order valence-corrected chi connectivity index (χ3v) is 2.82. The summed E-state index contributed by atoms with van der Waals surface area (Å²) in [6.07, 6.45) is 4.39. The van der Waals surface area contributed by atoms with Crippen molar-refractivity contribution in [2.45, 2.75) is 0 Å². The van der Waals surface area contributed by atoms with E-state index in [0.717, 1.165) is 28.4 Å². The van der Waals surface area contributed by atoms with Crippen LogP contribution < -0.4 is 0 Å². The standard InChI is InChI=1S/C14H10N2O/c17-9-11-6-7-15-14-13(11)12(8-16-14)10-4-2-1-3-5-10/h1-9H,(H,15,16). The molecule has 3 rings (SSSR count). The Morgan fingerprint density at radius 2 is 1.94 bits per heavy atom. The second kappa shape index (κ2) is 3.87. The molecule has 0 amide bonds. The second-order valence-corrected chi connectivity index (χ2v) is 3.81. The van der Waals surface area contributed by atoms with Crippen LogP contribution in [0.1, 0.15) is 10.4 Å². The molecule has 0 saturated heterocycles. The van der Waals surface area contributed by atoms with Gasteiger partial charge in [-0.2, -0.15) is 0 Å². The summed E-state index contributed by atoms with van der Waals surface area (Å²) in [5.74, 6) is 0. The summed E-state index contributed by atoms with van der Waals surface area (Å²) in [6.45, 7) is 0. The van der Waals surface area contributed by atoms with Crippen molar-refractivity contribution < 1.29 is 4.79 Å². The molecule has 0 aliphatic heterocycles. The van der Waals surface area contributed by atoms with Gasteiger partial charge in [-0.15, -0.1) is 0 Å². The zero-order valence-corrected chi connectivity index (χ0v) is 9.05. The first kappa shape index (κ1) is 9.78. The van der Waals surface area contributed by atoms with E-state index in [-0.39, 0.29) is 0 Å². The number of pyridine rings is 1. The third-order valence-electron chi connectivity index (χ3n) is 2.82. The zero-order chi connectivity index (χ0) is 11.7. The number of nitrogens with one attached hydrogen (secondary N) is 1. The average molecular weight is 222 g/mol. The van der Waals surface area contributed by atoms with Crippen LogP contribution in [0, 0.1) is 0 Å². The van der Waals surface area contributed by atoms with E-state index in [1.165, 1.54) is 0 Å². The fourth-order valence-corrected chi connectivity index (χ4v) is 2.03. The number of fused-ring (bicyclic) bond motifs is 1. The minimum absolute atomic E-state index is 0.662. The van der Waals surface area contributed by atoms with Gasteiger partial charge in [0.25, 0.3) is 0 Å². The maximum atomic E-state index is 11.1. The molecule has 3 heteroatoms. The molecule has 0 saturated carbocycles. The lowest BCUT2D eigenvalue weighted by molar-refractivity contribution is 0.112. The van der Waals surface area contributed by atoms with Crippen LogP contribution in [0.25, 0.3) is 22.2 Å². The fourth-order valence-electron chi connectivity index (χ4n) is 2.03. The van der Waals surface area contributed by atoms with Gasteiger partial charge in [-0.25, -0.2) is 4.98 Å². The van der Waals surface area contributed by atoms with E-state index in [1.54, 1.807) is 12.3 Å². The van der Waals surface area contributed by atoms with Gasteiger partial charge in [-0.05, 0) is 11.6 Å². The molecule has 0 radical (unpaired) electrons. The van der Waals surface area contributed by atoms with Crippen molar-refractivity contribution in [1.29, 1.82) is 0 Å². The predicted octanol–water partition coefficient (Wildman–Crippen LogP) is 3.04.